The standard InChI is InChI=1S/C14H17ClN2O5S/c1-14(2,3)22-13(21)16-8-10(18)17-9(12(19)20)7(4-5-15)6-23-11(8)17/h4-5,8,11H,6H2,1-3H3,(H,16,21)(H,19,20)/t8?,11-/m0/s1. The van der Waals surface area contributed by atoms with Gasteiger partial charge in [-0.05, 0) is 32.4 Å². The number of nitrogens with one attached hydrogen (secondary N) is 1. The van der Waals surface area contributed by atoms with Crippen LogP contribution in [-0.4, -0.2) is 50.7 Å². The minimum atomic E-state index is -1.20. The van der Waals surface area contributed by atoms with Crippen molar-refractivity contribution in [2.45, 2.75) is 37.8 Å². The summed E-state index contributed by atoms with van der Waals surface area (Å²) in [5.41, 5.74) is 0.885. The molecule has 0 aromatic rings. The Balaban J connectivity index is 2.14. The molecule has 1 fully saturated rings. The first-order valence-corrected chi connectivity index (χ1v) is 8.31. The van der Waals surface area contributed by atoms with Crippen LogP contribution in [0.4, 0.5) is 4.79 Å². The number of hydrogen-bond donors (Lipinski definition) is 2. The lowest BCUT2D eigenvalue weighted by molar-refractivity contribution is -0.149. The van der Waals surface area contributed by atoms with Crippen molar-refractivity contribution in [3.05, 3.63) is 22.9 Å². The SMILES string of the molecule is CC(C)(C)OC(=O)NC1C(=O)N2C(C(=O)O)=C(C=CCl)CS[C@@H]12. The number of alkyl carbamates (subject to hydrolysis) is 1. The van der Waals surface area contributed by atoms with Gasteiger partial charge in [-0.3, -0.25) is 9.69 Å². The van der Waals surface area contributed by atoms with E-state index >= 15 is 0 Å². The number of aliphatic carboxylic acids is 1. The Morgan fingerprint density at radius 2 is 2.13 bits per heavy atom. The minimum Gasteiger partial charge on any atom is -0.477 e. The van der Waals surface area contributed by atoms with Gasteiger partial charge in [0.05, 0.1) is 0 Å². The van der Waals surface area contributed by atoms with Crippen molar-refractivity contribution in [2.24, 2.45) is 0 Å². The van der Waals surface area contributed by atoms with E-state index in [1.165, 1.54) is 28.3 Å². The van der Waals surface area contributed by atoms with Crippen molar-refractivity contribution in [1.82, 2.24) is 10.2 Å². The van der Waals surface area contributed by atoms with Gasteiger partial charge >= 0.3 is 12.1 Å². The number of ether oxygens (including phenoxy) is 1. The van der Waals surface area contributed by atoms with E-state index in [-0.39, 0.29) is 5.70 Å². The molecule has 2 aliphatic rings. The van der Waals surface area contributed by atoms with Crippen LogP contribution in [0.1, 0.15) is 20.8 Å². The van der Waals surface area contributed by atoms with Crippen LogP contribution in [0.25, 0.3) is 0 Å². The molecular formula is C14H17ClN2O5S. The van der Waals surface area contributed by atoms with Crippen molar-refractivity contribution in [1.29, 1.82) is 0 Å². The Bertz CT molecular complexity index is 611. The normalized spacial score (nSPS) is 24.3. The number of fused-ring (bicyclic) bond motifs is 1. The molecule has 0 bridgehead atoms. The molecule has 2 aliphatic heterocycles. The molecule has 0 radical (unpaired) electrons. The van der Waals surface area contributed by atoms with Crippen molar-refractivity contribution in [3.8, 4) is 0 Å². The van der Waals surface area contributed by atoms with Crippen molar-refractivity contribution >= 4 is 41.3 Å². The number of allylic oxidation sites excluding steroid dienone is 1. The van der Waals surface area contributed by atoms with Gasteiger partial charge in [-0.1, -0.05) is 11.6 Å². The highest BCUT2D eigenvalue weighted by Crippen LogP contribution is 2.40. The molecule has 2 atom stereocenters. The van der Waals surface area contributed by atoms with Gasteiger partial charge in [-0.15, -0.1) is 11.8 Å². The average Bonchev–Trinajstić information content (AvgIpc) is 2.42. The minimum absolute atomic E-state index is 0.0992. The van der Waals surface area contributed by atoms with E-state index in [4.69, 9.17) is 16.3 Å². The molecule has 2 rings (SSSR count). The Kier molecular flexibility index (Phi) is 4.95. The summed E-state index contributed by atoms with van der Waals surface area (Å²) >= 11 is 6.87. The van der Waals surface area contributed by atoms with Crippen LogP contribution >= 0.6 is 23.4 Å². The number of nitrogens with zero attached hydrogens (tertiary/aromatic N) is 1. The topological polar surface area (TPSA) is 95.9 Å². The zero-order valence-electron chi connectivity index (χ0n) is 12.8. The van der Waals surface area contributed by atoms with E-state index in [2.05, 4.69) is 5.32 Å². The molecule has 126 valence electrons. The highest BCUT2D eigenvalue weighted by atomic mass is 35.5. The third-order valence-corrected chi connectivity index (χ3v) is 4.56. The van der Waals surface area contributed by atoms with Crippen LogP contribution in [0.2, 0.25) is 0 Å². The number of halogens is 1. The van der Waals surface area contributed by atoms with Gasteiger partial charge in [-0.2, -0.15) is 0 Å². The first kappa shape index (κ1) is 17.7. The predicted molar refractivity (Wildman–Crippen MR) is 85.9 cm³/mol. The highest BCUT2D eigenvalue weighted by Gasteiger charge is 2.54. The van der Waals surface area contributed by atoms with E-state index in [1.807, 2.05) is 0 Å². The molecule has 2 N–H and O–H groups in total. The summed E-state index contributed by atoms with van der Waals surface area (Å²) in [5.74, 6) is -1.30. The maximum Gasteiger partial charge on any atom is 0.408 e. The van der Waals surface area contributed by atoms with Gasteiger partial charge in [0.1, 0.15) is 22.7 Å². The number of carboxylic acid groups (broad SMARTS) is 1. The Hall–Kier alpha value is -1.67. The van der Waals surface area contributed by atoms with Gasteiger partial charge in [0.25, 0.3) is 5.91 Å². The summed E-state index contributed by atoms with van der Waals surface area (Å²) in [5, 5.41) is 11.4. The second-order valence-corrected chi connectivity index (χ2v) is 7.36. The van der Waals surface area contributed by atoms with Crippen molar-refractivity contribution in [2.75, 3.05) is 5.75 Å². The molecule has 0 aromatic carbocycles. The van der Waals surface area contributed by atoms with E-state index in [1.54, 1.807) is 20.8 Å². The molecule has 0 aromatic heterocycles. The maximum absolute atomic E-state index is 12.2. The summed E-state index contributed by atoms with van der Waals surface area (Å²) in [6, 6.07) is -0.800. The Morgan fingerprint density at radius 1 is 1.48 bits per heavy atom. The predicted octanol–water partition coefficient (Wildman–Crippen LogP) is 1.89. The van der Waals surface area contributed by atoms with Crippen molar-refractivity contribution < 1.29 is 24.2 Å². The number of carboxylic acids is 1. The van der Waals surface area contributed by atoms with Gasteiger partial charge in [0.2, 0.25) is 0 Å². The number of carbonyl (C=O) groups is 3. The van der Waals surface area contributed by atoms with E-state index < -0.39 is 35.0 Å². The molecule has 0 saturated carbocycles. The number of thioether (sulfide) groups is 1. The lowest BCUT2D eigenvalue weighted by Crippen LogP contribution is -2.70. The largest absolute Gasteiger partial charge is 0.477 e. The third-order valence-electron chi connectivity index (χ3n) is 3.14. The molecule has 0 spiro atoms. The summed E-state index contributed by atoms with van der Waals surface area (Å²) in [4.78, 5) is 36.7. The molecule has 1 saturated heterocycles. The molecule has 23 heavy (non-hydrogen) atoms. The van der Waals surface area contributed by atoms with Gasteiger partial charge in [0, 0.05) is 11.3 Å². The monoisotopic (exact) mass is 360 g/mol. The number of β-lactam (4-membered cyclic amide) rings is 1. The van der Waals surface area contributed by atoms with Gasteiger partial charge < -0.3 is 15.2 Å². The van der Waals surface area contributed by atoms with Crippen LogP contribution in [0.15, 0.2) is 22.9 Å². The van der Waals surface area contributed by atoms with E-state index in [0.717, 1.165) is 0 Å². The molecule has 2 amide bonds. The third kappa shape index (κ3) is 3.64. The fraction of sp³-hybridized carbons (Fsp3) is 0.500. The molecule has 7 nitrogen and oxygen atoms in total. The van der Waals surface area contributed by atoms with Crippen LogP contribution in [0.5, 0.6) is 0 Å². The maximum atomic E-state index is 12.2. The lowest BCUT2D eigenvalue weighted by Gasteiger charge is -2.49. The summed E-state index contributed by atoms with van der Waals surface area (Å²) in [6.45, 7) is 5.15. The number of rotatable bonds is 3. The summed E-state index contributed by atoms with van der Waals surface area (Å²) in [6.07, 6.45) is 0.749. The second kappa shape index (κ2) is 6.45. The fourth-order valence-corrected chi connectivity index (χ4v) is 3.75. The summed E-state index contributed by atoms with van der Waals surface area (Å²) < 4.78 is 5.12. The van der Waals surface area contributed by atoms with Gasteiger partial charge in [-0.25, -0.2) is 9.59 Å². The quantitative estimate of drug-likeness (QED) is 0.746. The first-order valence-electron chi connectivity index (χ1n) is 6.83. The molecule has 9 heteroatoms. The molecule has 2 heterocycles. The smallest absolute Gasteiger partial charge is 0.408 e. The van der Waals surface area contributed by atoms with E-state index in [9.17, 15) is 19.5 Å². The number of hydrogen-bond acceptors (Lipinski definition) is 5. The Labute approximate surface area is 142 Å². The zero-order valence-corrected chi connectivity index (χ0v) is 14.4. The molecule has 0 aliphatic carbocycles. The fourth-order valence-electron chi connectivity index (χ4n) is 2.28. The van der Waals surface area contributed by atoms with E-state index in [0.29, 0.717) is 11.3 Å². The van der Waals surface area contributed by atoms with Crippen molar-refractivity contribution in [3.63, 3.8) is 0 Å². The molecule has 1 unspecified atom stereocenters. The average molecular weight is 361 g/mol. The van der Waals surface area contributed by atoms with Crippen LogP contribution in [0, 0.1) is 0 Å². The lowest BCUT2D eigenvalue weighted by atomic mass is 10.0. The van der Waals surface area contributed by atoms with Crippen LogP contribution in [0.3, 0.4) is 0 Å². The zero-order chi connectivity index (χ0) is 17.4. The molecular weight excluding hydrogens is 344 g/mol. The van der Waals surface area contributed by atoms with Crippen LogP contribution < -0.4 is 5.32 Å². The Morgan fingerprint density at radius 3 is 2.65 bits per heavy atom. The summed E-state index contributed by atoms with van der Waals surface area (Å²) in [7, 11) is 0. The highest BCUT2D eigenvalue weighted by molar-refractivity contribution is 8.00. The van der Waals surface area contributed by atoms with Gasteiger partial charge in [0.15, 0.2) is 0 Å². The second-order valence-electron chi connectivity index (χ2n) is 6.01. The number of amides is 2. The first-order chi connectivity index (χ1) is 10.7. The van der Waals surface area contributed by atoms with Crippen LogP contribution in [-0.2, 0) is 14.3 Å². The number of carbonyl (C=O) groups excluding carboxylic acids is 2.